The lowest BCUT2D eigenvalue weighted by atomic mass is 10.1. The third-order valence-electron chi connectivity index (χ3n) is 3.73. The van der Waals surface area contributed by atoms with Crippen molar-refractivity contribution in [2.24, 2.45) is 0 Å². The molecule has 1 saturated heterocycles. The molecule has 1 aromatic heterocycles. The molecule has 19 heavy (non-hydrogen) atoms. The van der Waals surface area contributed by atoms with Crippen LogP contribution in [0, 0.1) is 5.41 Å². The molecule has 2 aliphatic rings. The van der Waals surface area contributed by atoms with Gasteiger partial charge in [0.25, 0.3) is 0 Å². The maximum Gasteiger partial charge on any atom is 0.190 e. The Hall–Kier alpha value is -1.56. The van der Waals surface area contributed by atoms with E-state index in [1.54, 1.807) is 7.05 Å². The van der Waals surface area contributed by atoms with Gasteiger partial charge < -0.3 is 15.0 Å². The summed E-state index contributed by atoms with van der Waals surface area (Å²) in [7, 11) is 1.78. The highest BCUT2D eigenvalue weighted by atomic mass is 16.5. The molecular formula is C13H21N5O. The van der Waals surface area contributed by atoms with Crippen LogP contribution in [0.3, 0.4) is 0 Å². The minimum atomic E-state index is 0.00458. The Kier molecular flexibility index (Phi) is 3.18. The average molecular weight is 263 g/mol. The number of nitrogens with zero attached hydrogens (tertiary/aromatic N) is 3. The zero-order valence-electron chi connectivity index (χ0n) is 11.5. The highest BCUT2D eigenvalue weighted by Gasteiger charge is 2.30. The Morgan fingerprint density at radius 3 is 2.95 bits per heavy atom. The summed E-state index contributed by atoms with van der Waals surface area (Å²) in [6, 6.07) is 0.599. The Morgan fingerprint density at radius 2 is 2.26 bits per heavy atom. The van der Waals surface area contributed by atoms with Crippen molar-refractivity contribution in [2.75, 3.05) is 20.1 Å². The van der Waals surface area contributed by atoms with E-state index in [2.05, 4.69) is 16.6 Å². The first-order valence-corrected chi connectivity index (χ1v) is 6.88. The van der Waals surface area contributed by atoms with Crippen molar-refractivity contribution in [1.29, 1.82) is 5.41 Å². The molecule has 0 spiro atoms. The van der Waals surface area contributed by atoms with Crippen LogP contribution in [-0.2, 0) is 4.74 Å². The largest absolute Gasteiger partial charge is 0.367 e. The second-order valence-corrected chi connectivity index (χ2v) is 5.42. The van der Waals surface area contributed by atoms with Crippen molar-refractivity contribution in [2.45, 2.75) is 38.0 Å². The normalized spacial score (nSPS) is 27.4. The van der Waals surface area contributed by atoms with Crippen LogP contribution in [0.15, 0.2) is 12.4 Å². The Bertz CT molecular complexity index is 467. The third kappa shape index (κ3) is 2.58. The smallest absolute Gasteiger partial charge is 0.190 e. The predicted molar refractivity (Wildman–Crippen MR) is 72.1 cm³/mol. The summed E-state index contributed by atoms with van der Waals surface area (Å²) in [6.07, 6.45) is 6.60. The monoisotopic (exact) mass is 263 g/mol. The average Bonchev–Trinajstić information content (AvgIpc) is 3.14. The molecule has 0 aromatic carbocycles. The molecule has 2 heterocycles. The van der Waals surface area contributed by atoms with E-state index < -0.39 is 0 Å². The first-order valence-electron chi connectivity index (χ1n) is 6.88. The highest BCUT2D eigenvalue weighted by Crippen LogP contribution is 2.35. The van der Waals surface area contributed by atoms with Gasteiger partial charge in [0, 0.05) is 25.4 Å². The minimum Gasteiger partial charge on any atom is -0.367 e. The highest BCUT2D eigenvalue weighted by molar-refractivity contribution is 5.76. The maximum atomic E-state index is 7.90. The van der Waals surface area contributed by atoms with Gasteiger partial charge in [-0.1, -0.05) is 0 Å². The molecule has 1 saturated carbocycles. The van der Waals surface area contributed by atoms with Gasteiger partial charge in [-0.3, -0.25) is 10.1 Å². The maximum absolute atomic E-state index is 7.90. The van der Waals surface area contributed by atoms with E-state index in [9.17, 15) is 0 Å². The number of guanidine groups is 1. The molecule has 1 aliphatic carbocycles. The van der Waals surface area contributed by atoms with Crippen LogP contribution in [-0.4, -0.2) is 46.9 Å². The van der Waals surface area contributed by atoms with E-state index in [1.807, 2.05) is 22.7 Å². The van der Waals surface area contributed by atoms with Crippen molar-refractivity contribution < 1.29 is 4.74 Å². The van der Waals surface area contributed by atoms with Crippen molar-refractivity contribution in [1.82, 2.24) is 20.0 Å². The molecule has 0 amide bonds. The van der Waals surface area contributed by atoms with Crippen LogP contribution in [0.5, 0.6) is 0 Å². The standard InChI is InChI=1S/C13H21N5O/c1-9-6-17(13(14)15-2)8-12(19-9)10-5-16-18(7-10)11-3-4-11/h5,7,9,11-12H,3-4,6,8H2,1-2H3,(H2,14,15)/t9-,12-/m1/s1. The van der Waals surface area contributed by atoms with Crippen LogP contribution in [0.4, 0.5) is 0 Å². The molecule has 1 aliphatic heterocycles. The van der Waals surface area contributed by atoms with E-state index >= 15 is 0 Å². The summed E-state index contributed by atoms with van der Waals surface area (Å²) in [5.41, 5.74) is 1.12. The van der Waals surface area contributed by atoms with Gasteiger partial charge in [-0.05, 0) is 19.8 Å². The molecule has 2 fully saturated rings. The van der Waals surface area contributed by atoms with E-state index in [-0.39, 0.29) is 12.2 Å². The molecule has 1 aromatic rings. The zero-order chi connectivity index (χ0) is 13.4. The molecule has 6 nitrogen and oxygen atoms in total. The predicted octanol–water partition coefficient (Wildman–Crippen LogP) is 1.13. The Morgan fingerprint density at radius 1 is 1.47 bits per heavy atom. The van der Waals surface area contributed by atoms with Gasteiger partial charge in [0.1, 0.15) is 6.10 Å². The SMILES string of the molecule is CNC(=N)N1C[C@@H](C)O[C@@H](c2cnn(C3CC3)c2)C1. The van der Waals surface area contributed by atoms with E-state index in [0.29, 0.717) is 18.5 Å². The fraction of sp³-hybridized carbons (Fsp3) is 0.692. The summed E-state index contributed by atoms with van der Waals surface area (Å²) < 4.78 is 8.04. The number of ether oxygens (including phenoxy) is 1. The van der Waals surface area contributed by atoms with Crippen molar-refractivity contribution >= 4 is 5.96 Å². The summed E-state index contributed by atoms with van der Waals surface area (Å²) >= 11 is 0. The number of morpholine rings is 1. The van der Waals surface area contributed by atoms with Gasteiger partial charge in [0.05, 0.1) is 24.9 Å². The van der Waals surface area contributed by atoms with Gasteiger partial charge in [-0.2, -0.15) is 5.10 Å². The molecule has 104 valence electrons. The van der Waals surface area contributed by atoms with Crippen LogP contribution in [0.25, 0.3) is 0 Å². The second kappa shape index (κ2) is 4.85. The van der Waals surface area contributed by atoms with Crippen LogP contribution in [0.2, 0.25) is 0 Å². The first kappa shape index (κ1) is 12.5. The quantitative estimate of drug-likeness (QED) is 0.620. The van der Waals surface area contributed by atoms with Crippen molar-refractivity contribution in [3.8, 4) is 0 Å². The number of rotatable bonds is 2. The van der Waals surface area contributed by atoms with Crippen LogP contribution >= 0.6 is 0 Å². The van der Waals surface area contributed by atoms with Gasteiger partial charge in [-0.25, -0.2) is 0 Å². The van der Waals surface area contributed by atoms with E-state index in [4.69, 9.17) is 10.1 Å². The molecule has 2 atom stereocenters. The number of aromatic nitrogens is 2. The summed E-state index contributed by atoms with van der Waals surface area (Å²) in [4.78, 5) is 2.02. The lowest BCUT2D eigenvalue weighted by Crippen LogP contribution is -2.49. The minimum absolute atomic E-state index is 0.00458. The Labute approximate surface area is 113 Å². The Balaban J connectivity index is 1.72. The van der Waals surface area contributed by atoms with Gasteiger partial charge in [0.15, 0.2) is 5.96 Å². The molecule has 2 N–H and O–H groups in total. The van der Waals surface area contributed by atoms with Gasteiger partial charge in [0.2, 0.25) is 0 Å². The van der Waals surface area contributed by atoms with Crippen molar-refractivity contribution in [3.63, 3.8) is 0 Å². The zero-order valence-corrected chi connectivity index (χ0v) is 11.5. The fourth-order valence-corrected chi connectivity index (χ4v) is 2.53. The number of hydrogen-bond acceptors (Lipinski definition) is 3. The van der Waals surface area contributed by atoms with Gasteiger partial charge in [-0.15, -0.1) is 0 Å². The lowest BCUT2D eigenvalue weighted by molar-refractivity contribution is -0.0606. The molecular weight excluding hydrogens is 242 g/mol. The van der Waals surface area contributed by atoms with Gasteiger partial charge >= 0.3 is 0 Å². The van der Waals surface area contributed by atoms with Crippen LogP contribution in [0.1, 0.15) is 37.5 Å². The first-order chi connectivity index (χ1) is 9.17. The third-order valence-corrected chi connectivity index (χ3v) is 3.73. The van der Waals surface area contributed by atoms with E-state index in [0.717, 1.165) is 12.1 Å². The summed E-state index contributed by atoms with van der Waals surface area (Å²) in [6.45, 7) is 3.51. The lowest BCUT2D eigenvalue weighted by Gasteiger charge is -2.37. The summed E-state index contributed by atoms with van der Waals surface area (Å²) in [5.74, 6) is 0.453. The molecule has 6 heteroatoms. The second-order valence-electron chi connectivity index (χ2n) is 5.42. The number of hydrogen-bond donors (Lipinski definition) is 2. The molecule has 3 rings (SSSR count). The topological polar surface area (TPSA) is 66.2 Å². The van der Waals surface area contributed by atoms with Crippen LogP contribution < -0.4 is 5.32 Å². The fourth-order valence-electron chi connectivity index (χ4n) is 2.53. The summed E-state index contributed by atoms with van der Waals surface area (Å²) in [5, 5.41) is 15.2. The number of nitrogens with one attached hydrogen (secondary N) is 2. The van der Waals surface area contributed by atoms with E-state index in [1.165, 1.54) is 12.8 Å². The molecule has 0 radical (unpaired) electrons. The molecule has 0 bridgehead atoms. The molecule has 0 unspecified atom stereocenters. The van der Waals surface area contributed by atoms with Crippen molar-refractivity contribution in [3.05, 3.63) is 18.0 Å².